The average Bonchev–Trinajstić information content (AvgIpc) is 2.51. The van der Waals surface area contributed by atoms with E-state index in [0.717, 1.165) is 14.9 Å². The highest BCUT2D eigenvalue weighted by Crippen LogP contribution is 2.33. The zero-order valence-corrected chi connectivity index (χ0v) is 12.2. The van der Waals surface area contributed by atoms with E-state index in [1.165, 1.54) is 0 Å². The molecule has 0 saturated heterocycles. The maximum Gasteiger partial charge on any atom is 0.334 e. The van der Waals surface area contributed by atoms with Gasteiger partial charge in [0.2, 0.25) is 0 Å². The normalized spacial score (nSPS) is 14.0. The van der Waals surface area contributed by atoms with Crippen molar-refractivity contribution in [2.75, 3.05) is 18.9 Å². The Balaban J connectivity index is 2.41. The van der Waals surface area contributed by atoms with Crippen LogP contribution in [0.15, 0.2) is 17.7 Å². The number of hydrogen-bond donors (Lipinski definition) is 1. The third-order valence-electron chi connectivity index (χ3n) is 2.58. The summed E-state index contributed by atoms with van der Waals surface area (Å²) >= 11 is 2.18. The SMILES string of the molecule is CCOC(=O)C1=Cc2cc(N)cc(I)c2OCC1. The summed E-state index contributed by atoms with van der Waals surface area (Å²) in [6.07, 6.45) is 2.35. The van der Waals surface area contributed by atoms with Crippen LogP contribution in [0.2, 0.25) is 0 Å². The zero-order chi connectivity index (χ0) is 13.1. The maximum atomic E-state index is 11.8. The minimum absolute atomic E-state index is 0.286. The van der Waals surface area contributed by atoms with E-state index in [1.54, 1.807) is 13.0 Å². The lowest BCUT2D eigenvalue weighted by molar-refractivity contribution is -0.138. The van der Waals surface area contributed by atoms with Gasteiger partial charge in [-0.3, -0.25) is 0 Å². The lowest BCUT2D eigenvalue weighted by Crippen LogP contribution is -2.09. The topological polar surface area (TPSA) is 61.5 Å². The summed E-state index contributed by atoms with van der Waals surface area (Å²) < 4.78 is 11.6. The molecule has 18 heavy (non-hydrogen) atoms. The van der Waals surface area contributed by atoms with Crippen molar-refractivity contribution < 1.29 is 14.3 Å². The van der Waals surface area contributed by atoms with Gasteiger partial charge in [-0.25, -0.2) is 4.79 Å². The molecule has 1 aromatic rings. The van der Waals surface area contributed by atoms with E-state index in [9.17, 15) is 4.79 Å². The van der Waals surface area contributed by atoms with Gasteiger partial charge in [0.1, 0.15) is 5.75 Å². The summed E-state index contributed by atoms with van der Waals surface area (Å²) in [5.74, 6) is 0.496. The third-order valence-corrected chi connectivity index (χ3v) is 3.38. The molecule has 0 aliphatic carbocycles. The fourth-order valence-electron chi connectivity index (χ4n) is 1.80. The number of esters is 1. The number of hydrogen-bond acceptors (Lipinski definition) is 4. The molecule has 2 N–H and O–H groups in total. The van der Waals surface area contributed by atoms with Crippen molar-refractivity contribution in [2.24, 2.45) is 0 Å². The molecular weight excluding hydrogens is 345 g/mol. The summed E-state index contributed by atoms with van der Waals surface area (Å²) in [5.41, 5.74) is 7.92. The number of carbonyl (C=O) groups is 1. The number of ether oxygens (including phenoxy) is 2. The van der Waals surface area contributed by atoms with Crippen LogP contribution in [0, 0.1) is 3.57 Å². The highest BCUT2D eigenvalue weighted by Gasteiger charge is 2.18. The monoisotopic (exact) mass is 359 g/mol. The molecule has 0 aromatic heterocycles. The predicted octanol–water partition coefficient (Wildman–Crippen LogP) is 2.60. The quantitative estimate of drug-likeness (QED) is 0.501. The van der Waals surface area contributed by atoms with Crippen molar-refractivity contribution in [3.63, 3.8) is 0 Å². The number of carbonyl (C=O) groups excluding carboxylic acids is 1. The van der Waals surface area contributed by atoms with Crippen LogP contribution < -0.4 is 10.5 Å². The number of rotatable bonds is 2. The predicted molar refractivity (Wildman–Crippen MR) is 78.3 cm³/mol. The lowest BCUT2D eigenvalue weighted by atomic mass is 10.1. The molecule has 0 atom stereocenters. The van der Waals surface area contributed by atoms with Gasteiger partial charge in [0.15, 0.2) is 0 Å². The van der Waals surface area contributed by atoms with Crippen molar-refractivity contribution in [3.05, 3.63) is 26.8 Å². The van der Waals surface area contributed by atoms with Gasteiger partial charge in [-0.1, -0.05) is 0 Å². The summed E-state index contributed by atoms with van der Waals surface area (Å²) in [4.78, 5) is 11.8. The van der Waals surface area contributed by atoms with Gasteiger partial charge in [-0.2, -0.15) is 0 Å². The first kappa shape index (κ1) is 13.2. The summed E-state index contributed by atoms with van der Waals surface area (Å²) in [6.45, 7) is 2.64. The van der Waals surface area contributed by atoms with E-state index in [2.05, 4.69) is 22.6 Å². The van der Waals surface area contributed by atoms with E-state index >= 15 is 0 Å². The molecule has 96 valence electrons. The van der Waals surface area contributed by atoms with Crippen molar-refractivity contribution in [3.8, 4) is 5.75 Å². The van der Waals surface area contributed by atoms with Crippen molar-refractivity contribution in [2.45, 2.75) is 13.3 Å². The van der Waals surface area contributed by atoms with E-state index in [-0.39, 0.29) is 5.97 Å². The van der Waals surface area contributed by atoms with Crippen LogP contribution in [0.4, 0.5) is 5.69 Å². The molecule has 1 heterocycles. The minimum atomic E-state index is -0.286. The zero-order valence-electron chi connectivity index (χ0n) is 10.0. The molecule has 0 saturated carbocycles. The molecule has 5 heteroatoms. The highest BCUT2D eigenvalue weighted by molar-refractivity contribution is 14.1. The van der Waals surface area contributed by atoms with Crippen LogP contribution >= 0.6 is 22.6 Å². The van der Waals surface area contributed by atoms with E-state index in [0.29, 0.717) is 30.9 Å². The van der Waals surface area contributed by atoms with E-state index in [1.807, 2.05) is 12.1 Å². The Morgan fingerprint density at radius 3 is 3.06 bits per heavy atom. The van der Waals surface area contributed by atoms with Crippen molar-refractivity contribution >= 4 is 40.3 Å². The van der Waals surface area contributed by atoms with Gasteiger partial charge >= 0.3 is 5.97 Å². The smallest absolute Gasteiger partial charge is 0.334 e. The standard InChI is InChI=1S/C13H14INO3/c1-2-17-13(16)8-3-4-18-12-9(5-8)6-10(15)7-11(12)14/h5-7H,2-4,15H2,1H3. The molecular formula is C13H14INO3. The Hall–Kier alpha value is -1.24. The molecule has 0 spiro atoms. The second-order valence-electron chi connectivity index (χ2n) is 3.91. The number of nitrogen functional groups attached to an aromatic ring is 1. The first-order valence-corrected chi connectivity index (χ1v) is 6.79. The summed E-state index contributed by atoms with van der Waals surface area (Å²) in [7, 11) is 0. The maximum absolute atomic E-state index is 11.8. The van der Waals surface area contributed by atoms with Gasteiger partial charge in [0.05, 0.1) is 16.8 Å². The average molecular weight is 359 g/mol. The van der Waals surface area contributed by atoms with E-state index < -0.39 is 0 Å². The molecule has 1 aliphatic rings. The second-order valence-corrected chi connectivity index (χ2v) is 5.07. The molecule has 1 aliphatic heterocycles. The number of halogens is 1. The molecule has 0 fully saturated rings. The van der Waals surface area contributed by atoms with Crippen LogP contribution in [0.1, 0.15) is 18.9 Å². The number of anilines is 1. The van der Waals surface area contributed by atoms with Crippen LogP contribution in [0.3, 0.4) is 0 Å². The fourth-order valence-corrected chi connectivity index (χ4v) is 2.63. The molecule has 0 bridgehead atoms. The Kier molecular flexibility index (Phi) is 4.11. The van der Waals surface area contributed by atoms with Crippen molar-refractivity contribution in [1.29, 1.82) is 0 Å². The Morgan fingerprint density at radius 2 is 2.33 bits per heavy atom. The summed E-state index contributed by atoms with van der Waals surface area (Å²) in [5, 5.41) is 0. The molecule has 0 amide bonds. The van der Waals surface area contributed by atoms with Gasteiger partial charge in [-0.05, 0) is 47.7 Å². The molecule has 2 rings (SSSR count). The minimum Gasteiger partial charge on any atom is -0.491 e. The van der Waals surface area contributed by atoms with Gasteiger partial charge in [0.25, 0.3) is 0 Å². The van der Waals surface area contributed by atoms with Crippen LogP contribution in [-0.2, 0) is 9.53 Å². The number of fused-ring (bicyclic) bond motifs is 1. The van der Waals surface area contributed by atoms with Crippen LogP contribution in [0.25, 0.3) is 6.08 Å². The van der Waals surface area contributed by atoms with Gasteiger partial charge in [0, 0.05) is 23.2 Å². The van der Waals surface area contributed by atoms with Crippen molar-refractivity contribution in [1.82, 2.24) is 0 Å². The molecule has 0 radical (unpaired) electrons. The fraction of sp³-hybridized carbons (Fsp3) is 0.308. The largest absolute Gasteiger partial charge is 0.491 e. The Morgan fingerprint density at radius 1 is 1.56 bits per heavy atom. The Bertz CT molecular complexity index is 511. The van der Waals surface area contributed by atoms with Crippen LogP contribution in [-0.4, -0.2) is 19.2 Å². The number of benzene rings is 1. The first-order valence-electron chi connectivity index (χ1n) is 5.71. The van der Waals surface area contributed by atoms with E-state index in [4.69, 9.17) is 15.2 Å². The first-order chi connectivity index (χ1) is 8.61. The van der Waals surface area contributed by atoms with Gasteiger partial charge < -0.3 is 15.2 Å². The third kappa shape index (κ3) is 2.77. The molecule has 1 aromatic carbocycles. The Labute approximate surface area is 119 Å². The number of nitrogens with two attached hydrogens (primary N) is 1. The van der Waals surface area contributed by atoms with Crippen LogP contribution in [0.5, 0.6) is 5.75 Å². The lowest BCUT2D eigenvalue weighted by Gasteiger charge is -2.09. The molecule has 4 nitrogen and oxygen atoms in total. The van der Waals surface area contributed by atoms with Gasteiger partial charge in [-0.15, -0.1) is 0 Å². The summed E-state index contributed by atoms with van der Waals surface area (Å²) in [6, 6.07) is 3.66. The highest BCUT2D eigenvalue weighted by atomic mass is 127. The second kappa shape index (κ2) is 5.60. The molecule has 0 unspecified atom stereocenters.